The zero-order valence-corrected chi connectivity index (χ0v) is 13.7. The molecule has 0 unspecified atom stereocenters. The number of thiocarbonyl (C=S) groups is 1. The summed E-state index contributed by atoms with van der Waals surface area (Å²) in [5, 5.41) is -0.0140. The fourth-order valence-corrected chi connectivity index (χ4v) is 2.62. The summed E-state index contributed by atoms with van der Waals surface area (Å²) in [6.45, 7) is 0.0621. The molecule has 0 aliphatic rings. The van der Waals surface area contributed by atoms with Crippen molar-refractivity contribution in [1.29, 1.82) is 0 Å². The summed E-state index contributed by atoms with van der Waals surface area (Å²) in [5.74, 6) is -0.765. The summed E-state index contributed by atoms with van der Waals surface area (Å²) in [6.07, 6.45) is 0. The fraction of sp³-hybridized carbons (Fsp3) is 0.0714. The van der Waals surface area contributed by atoms with Crippen LogP contribution in [0.1, 0.15) is 11.1 Å². The first-order valence-electron chi connectivity index (χ1n) is 5.74. The summed E-state index contributed by atoms with van der Waals surface area (Å²) < 4.78 is 32.6. The van der Waals surface area contributed by atoms with Crippen LogP contribution in [0.4, 0.5) is 8.78 Å². The van der Waals surface area contributed by atoms with E-state index in [1.807, 2.05) is 0 Å². The molecule has 2 aromatic rings. The lowest BCUT2D eigenvalue weighted by Crippen LogP contribution is -2.14. The second-order valence-electron chi connectivity index (χ2n) is 4.15. The van der Waals surface area contributed by atoms with Gasteiger partial charge in [-0.2, -0.15) is 0 Å². The fourth-order valence-electron chi connectivity index (χ4n) is 1.67. The van der Waals surface area contributed by atoms with Gasteiger partial charge in [0, 0.05) is 11.6 Å². The summed E-state index contributed by atoms with van der Waals surface area (Å²) in [4.78, 5) is 0.0643. The van der Waals surface area contributed by atoms with E-state index in [4.69, 9.17) is 34.3 Å². The van der Waals surface area contributed by atoms with Crippen molar-refractivity contribution >= 4 is 44.7 Å². The van der Waals surface area contributed by atoms with Crippen LogP contribution in [-0.4, -0.2) is 4.99 Å². The largest absolute Gasteiger partial charge is 0.488 e. The second kappa shape index (κ2) is 6.68. The molecule has 7 heteroatoms. The lowest BCUT2D eigenvalue weighted by atomic mass is 10.1. The van der Waals surface area contributed by atoms with Crippen LogP contribution in [0.25, 0.3) is 0 Å². The number of halogens is 4. The predicted molar refractivity (Wildman–Crippen MR) is 85.7 cm³/mol. The van der Waals surface area contributed by atoms with Gasteiger partial charge < -0.3 is 10.5 Å². The van der Waals surface area contributed by atoms with Gasteiger partial charge in [0.25, 0.3) is 0 Å². The first-order chi connectivity index (χ1) is 9.88. The van der Waals surface area contributed by atoms with Gasteiger partial charge >= 0.3 is 0 Å². The number of hydrogen-bond donors (Lipinski definition) is 1. The predicted octanol–water partition coefficient (Wildman–Crippen LogP) is 4.59. The Labute approximate surface area is 139 Å². The molecule has 0 aliphatic heterocycles. The Kier molecular flexibility index (Phi) is 5.13. The molecule has 0 saturated carbocycles. The maximum Gasteiger partial charge on any atom is 0.145 e. The van der Waals surface area contributed by atoms with Gasteiger partial charge in [0.05, 0.1) is 9.50 Å². The first-order valence-corrected chi connectivity index (χ1v) is 7.32. The molecular weight excluding hydrogens is 384 g/mol. The number of rotatable bonds is 4. The number of ether oxygens (including phenoxy) is 1. The molecule has 2 N–H and O–H groups in total. The average Bonchev–Trinajstić information content (AvgIpc) is 2.42. The summed E-state index contributed by atoms with van der Waals surface area (Å²) in [5.41, 5.74) is 6.54. The molecule has 0 saturated heterocycles. The molecule has 0 radical (unpaired) electrons. The number of benzene rings is 2. The molecule has 2 aromatic carbocycles. The van der Waals surface area contributed by atoms with Crippen molar-refractivity contribution in [2.45, 2.75) is 6.61 Å². The summed E-state index contributed by atoms with van der Waals surface area (Å²) >= 11 is 13.8. The Morgan fingerprint density at radius 2 is 2.00 bits per heavy atom. The lowest BCUT2D eigenvalue weighted by Gasteiger charge is -2.12. The van der Waals surface area contributed by atoms with Crippen LogP contribution in [0.2, 0.25) is 5.02 Å². The van der Waals surface area contributed by atoms with Gasteiger partial charge in [0.15, 0.2) is 0 Å². The average molecular weight is 393 g/mol. The van der Waals surface area contributed by atoms with Crippen LogP contribution < -0.4 is 10.5 Å². The second-order valence-corrected chi connectivity index (χ2v) is 5.85. The van der Waals surface area contributed by atoms with Gasteiger partial charge in [-0.1, -0.05) is 29.9 Å². The Morgan fingerprint density at radius 3 is 2.67 bits per heavy atom. The molecule has 2 nitrogen and oxygen atoms in total. The van der Waals surface area contributed by atoms with Crippen LogP contribution in [0.5, 0.6) is 5.75 Å². The van der Waals surface area contributed by atoms with E-state index in [0.717, 1.165) is 6.07 Å². The quantitative estimate of drug-likeness (QED) is 0.610. The van der Waals surface area contributed by atoms with E-state index < -0.39 is 11.6 Å². The highest BCUT2D eigenvalue weighted by Gasteiger charge is 2.11. The van der Waals surface area contributed by atoms with Crippen LogP contribution in [0.15, 0.2) is 34.8 Å². The maximum absolute atomic E-state index is 13.4. The lowest BCUT2D eigenvalue weighted by molar-refractivity contribution is 0.302. The van der Waals surface area contributed by atoms with E-state index in [9.17, 15) is 8.78 Å². The molecule has 0 amide bonds. The molecule has 0 atom stereocenters. The van der Waals surface area contributed by atoms with E-state index in [1.165, 1.54) is 24.3 Å². The molecule has 0 heterocycles. The minimum atomic E-state index is -0.594. The number of hydrogen-bond acceptors (Lipinski definition) is 2. The van der Waals surface area contributed by atoms with E-state index in [0.29, 0.717) is 15.6 Å². The molecular formula is C14H9BrClF2NOS. The van der Waals surface area contributed by atoms with Crippen molar-refractivity contribution in [3.63, 3.8) is 0 Å². The molecule has 0 fully saturated rings. The van der Waals surface area contributed by atoms with Crippen LogP contribution in [0.3, 0.4) is 0 Å². The number of nitrogens with two attached hydrogens (primary N) is 1. The van der Waals surface area contributed by atoms with Crippen molar-refractivity contribution in [3.8, 4) is 5.75 Å². The molecule has 2 rings (SSSR count). The Balaban J connectivity index is 2.25. The van der Waals surface area contributed by atoms with Gasteiger partial charge in [0.2, 0.25) is 0 Å². The Morgan fingerprint density at radius 1 is 1.29 bits per heavy atom. The zero-order valence-electron chi connectivity index (χ0n) is 10.5. The molecule has 0 aliphatic carbocycles. The third-order valence-electron chi connectivity index (χ3n) is 2.70. The smallest absolute Gasteiger partial charge is 0.145 e. The SMILES string of the molecule is NC(=S)c1cc(F)ccc1COc1cc(F)c(Cl)cc1Br. The van der Waals surface area contributed by atoms with Gasteiger partial charge in [-0.25, -0.2) is 8.78 Å². The van der Waals surface area contributed by atoms with Crippen molar-refractivity contribution in [3.05, 3.63) is 62.6 Å². The van der Waals surface area contributed by atoms with Gasteiger partial charge in [-0.05, 0) is 39.7 Å². The highest BCUT2D eigenvalue weighted by atomic mass is 79.9. The van der Waals surface area contributed by atoms with Crippen molar-refractivity contribution in [2.75, 3.05) is 0 Å². The van der Waals surface area contributed by atoms with Crippen LogP contribution in [0, 0.1) is 11.6 Å². The van der Waals surface area contributed by atoms with Gasteiger partial charge in [-0.15, -0.1) is 0 Å². The van der Waals surface area contributed by atoms with Crippen molar-refractivity contribution in [1.82, 2.24) is 0 Å². The van der Waals surface area contributed by atoms with E-state index in [2.05, 4.69) is 15.9 Å². The molecule has 21 heavy (non-hydrogen) atoms. The normalized spacial score (nSPS) is 10.5. The Hall–Kier alpha value is -1.24. The maximum atomic E-state index is 13.4. The van der Waals surface area contributed by atoms with Gasteiger partial charge in [0.1, 0.15) is 29.0 Å². The molecule has 0 aromatic heterocycles. The molecule has 110 valence electrons. The van der Waals surface area contributed by atoms with Crippen molar-refractivity contribution < 1.29 is 13.5 Å². The zero-order chi connectivity index (χ0) is 15.6. The topological polar surface area (TPSA) is 35.2 Å². The highest BCUT2D eigenvalue weighted by Crippen LogP contribution is 2.31. The van der Waals surface area contributed by atoms with E-state index in [-0.39, 0.29) is 22.4 Å². The third kappa shape index (κ3) is 3.90. The third-order valence-corrected chi connectivity index (χ3v) is 3.82. The first kappa shape index (κ1) is 16.1. The van der Waals surface area contributed by atoms with Crippen LogP contribution >= 0.6 is 39.7 Å². The Bertz CT molecular complexity index is 712. The van der Waals surface area contributed by atoms with E-state index in [1.54, 1.807) is 0 Å². The minimum Gasteiger partial charge on any atom is -0.488 e. The minimum absolute atomic E-state index is 0.0140. The summed E-state index contributed by atoms with van der Waals surface area (Å²) in [7, 11) is 0. The standard InChI is InChI=1S/C14H9BrClF2NOS/c15-10-4-11(16)12(18)5-13(10)20-6-7-1-2-8(17)3-9(7)14(19)21/h1-5H,6H2,(H2,19,21). The highest BCUT2D eigenvalue weighted by molar-refractivity contribution is 9.10. The molecule has 0 bridgehead atoms. The molecule has 0 spiro atoms. The summed E-state index contributed by atoms with van der Waals surface area (Å²) in [6, 6.07) is 6.59. The van der Waals surface area contributed by atoms with Gasteiger partial charge in [-0.3, -0.25) is 0 Å². The van der Waals surface area contributed by atoms with Crippen molar-refractivity contribution in [2.24, 2.45) is 5.73 Å². The van der Waals surface area contributed by atoms with Crippen LogP contribution in [-0.2, 0) is 6.61 Å². The monoisotopic (exact) mass is 391 g/mol. The van der Waals surface area contributed by atoms with E-state index >= 15 is 0 Å².